The summed E-state index contributed by atoms with van der Waals surface area (Å²) in [6, 6.07) is 3.88. The molecule has 4 heteroatoms. The summed E-state index contributed by atoms with van der Waals surface area (Å²) in [7, 11) is 0. The predicted molar refractivity (Wildman–Crippen MR) is 80.8 cm³/mol. The fourth-order valence-corrected chi connectivity index (χ4v) is 4.06. The van der Waals surface area contributed by atoms with Crippen molar-refractivity contribution in [3.8, 4) is 0 Å². The molecule has 2 nitrogen and oxygen atoms in total. The van der Waals surface area contributed by atoms with Gasteiger partial charge in [0.1, 0.15) is 5.82 Å². The van der Waals surface area contributed by atoms with Gasteiger partial charge in [-0.1, -0.05) is 12.8 Å². The first kappa shape index (κ1) is 13.2. The van der Waals surface area contributed by atoms with Gasteiger partial charge in [-0.15, -0.1) is 0 Å². The van der Waals surface area contributed by atoms with Crippen molar-refractivity contribution in [2.45, 2.75) is 44.6 Å². The zero-order chi connectivity index (χ0) is 13.4. The van der Waals surface area contributed by atoms with Crippen LogP contribution < -0.4 is 10.6 Å². The minimum absolute atomic E-state index is 0.279. The van der Waals surface area contributed by atoms with Crippen molar-refractivity contribution in [1.82, 2.24) is 0 Å². The molecule has 1 aliphatic heterocycles. The molecule has 2 N–H and O–H groups in total. The molecule has 0 spiro atoms. The number of halogens is 2. The van der Waals surface area contributed by atoms with Crippen molar-refractivity contribution >= 4 is 27.3 Å². The summed E-state index contributed by atoms with van der Waals surface area (Å²) in [5, 5.41) is 0. The lowest BCUT2D eigenvalue weighted by atomic mass is 9.78. The lowest BCUT2D eigenvalue weighted by Crippen LogP contribution is -2.47. The first-order valence-corrected chi connectivity index (χ1v) is 7.97. The van der Waals surface area contributed by atoms with Gasteiger partial charge in [-0.2, -0.15) is 0 Å². The maximum atomic E-state index is 13.5. The van der Waals surface area contributed by atoms with E-state index in [1.54, 1.807) is 0 Å². The number of hydrogen-bond acceptors (Lipinski definition) is 2. The number of anilines is 2. The predicted octanol–water partition coefficient (Wildman–Crippen LogP) is 4.33. The van der Waals surface area contributed by atoms with E-state index in [4.69, 9.17) is 5.73 Å². The highest BCUT2D eigenvalue weighted by molar-refractivity contribution is 9.10. The highest BCUT2D eigenvalue weighted by atomic mass is 79.9. The largest absolute Gasteiger partial charge is 0.397 e. The molecule has 0 aromatic heterocycles. The Hall–Kier alpha value is -0.770. The Morgan fingerprint density at radius 3 is 2.74 bits per heavy atom. The van der Waals surface area contributed by atoms with Crippen molar-refractivity contribution in [2.75, 3.05) is 17.2 Å². The van der Waals surface area contributed by atoms with E-state index >= 15 is 0 Å². The molecule has 1 saturated heterocycles. The summed E-state index contributed by atoms with van der Waals surface area (Å²) in [5.74, 6) is 0.518. The van der Waals surface area contributed by atoms with E-state index in [1.807, 2.05) is 6.07 Å². The number of nitrogens with two attached hydrogens (primary N) is 1. The van der Waals surface area contributed by atoms with E-state index in [0.717, 1.165) is 18.2 Å². The van der Waals surface area contributed by atoms with Crippen LogP contribution >= 0.6 is 15.9 Å². The molecule has 3 rings (SSSR count). The molecule has 2 aliphatic rings. The van der Waals surface area contributed by atoms with Gasteiger partial charge in [0.05, 0.1) is 15.8 Å². The zero-order valence-electron chi connectivity index (χ0n) is 11.0. The molecule has 1 aliphatic carbocycles. The number of rotatable bonds is 1. The molecule has 104 valence electrons. The van der Waals surface area contributed by atoms with E-state index in [9.17, 15) is 4.39 Å². The Labute approximate surface area is 122 Å². The summed E-state index contributed by atoms with van der Waals surface area (Å²) < 4.78 is 14.0. The van der Waals surface area contributed by atoms with Crippen molar-refractivity contribution in [3.63, 3.8) is 0 Å². The molecular formula is C15H20BrFN2. The summed E-state index contributed by atoms with van der Waals surface area (Å²) >= 11 is 3.28. The van der Waals surface area contributed by atoms with Crippen LogP contribution in [-0.4, -0.2) is 12.6 Å². The fraction of sp³-hybridized carbons (Fsp3) is 0.600. The normalized spacial score (nSPS) is 27.2. The summed E-state index contributed by atoms with van der Waals surface area (Å²) in [5.41, 5.74) is 7.61. The second-order valence-electron chi connectivity index (χ2n) is 5.77. The van der Waals surface area contributed by atoms with Gasteiger partial charge in [-0.3, -0.25) is 0 Å². The minimum Gasteiger partial charge on any atom is -0.397 e. The average Bonchev–Trinajstić information content (AvgIpc) is 2.42. The van der Waals surface area contributed by atoms with Crippen LogP contribution in [0.25, 0.3) is 0 Å². The molecule has 2 fully saturated rings. The third kappa shape index (κ3) is 2.47. The maximum absolute atomic E-state index is 13.5. The lowest BCUT2D eigenvalue weighted by Gasteiger charge is -2.45. The molecule has 0 radical (unpaired) electrons. The Balaban J connectivity index is 1.93. The molecule has 0 bridgehead atoms. The van der Waals surface area contributed by atoms with Crippen molar-refractivity contribution in [2.24, 2.45) is 5.92 Å². The van der Waals surface area contributed by atoms with Crippen molar-refractivity contribution < 1.29 is 4.39 Å². The van der Waals surface area contributed by atoms with Crippen LogP contribution in [0, 0.1) is 11.7 Å². The first-order chi connectivity index (χ1) is 9.16. The standard InChI is InChI=1S/C15H20BrFN2/c16-11-8-15(13(18)9-12(11)17)19-7-3-5-10-4-1-2-6-14(10)19/h8-10,14H,1-7,18H2. The minimum atomic E-state index is -0.279. The Kier molecular flexibility index (Phi) is 3.70. The number of benzene rings is 1. The van der Waals surface area contributed by atoms with E-state index in [0.29, 0.717) is 16.2 Å². The molecule has 0 amide bonds. The van der Waals surface area contributed by atoms with Crippen LogP contribution in [0.1, 0.15) is 38.5 Å². The quantitative estimate of drug-likeness (QED) is 0.778. The second-order valence-corrected chi connectivity index (χ2v) is 6.63. The average molecular weight is 327 g/mol. The molecule has 2 unspecified atom stereocenters. The van der Waals surface area contributed by atoms with Gasteiger partial charge in [0.2, 0.25) is 0 Å². The first-order valence-electron chi connectivity index (χ1n) is 7.18. The number of nitrogens with zero attached hydrogens (tertiary/aromatic N) is 1. The third-order valence-electron chi connectivity index (χ3n) is 4.62. The summed E-state index contributed by atoms with van der Waals surface area (Å²) in [6.07, 6.45) is 7.80. The fourth-order valence-electron chi connectivity index (χ4n) is 3.72. The third-order valence-corrected chi connectivity index (χ3v) is 5.23. The van der Waals surface area contributed by atoms with Crippen LogP contribution in [0.5, 0.6) is 0 Å². The smallest absolute Gasteiger partial charge is 0.139 e. The van der Waals surface area contributed by atoms with E-state index in [-0.39, 0.29) is 5.82 Å². The number of fused-ring (bicyclic) bond motifs is 1. The van der Waals surface area contributed by atoms with Crippen LogP contribution in [0.2, 0.25) is 0 Å². The van der Waals surface area contributed by atoms with Gasteiger partial charge in [0, 0.05) is 18.7 Å². The van der Waals surface area contributed by atoms with Crippen molar-refractivity contribution in [1.29, 1.82) is 0 Å². The Morgan fingerprint density at radius 2 is 1.89 bits per heavy atom. The van der Waals surface area contributed by atoms with Crippen molar-refractivity contribution in [3.05, 3.63) is 22.4 Å². The van der Waals surface area contributed by atoms with Crippen LogP contribution in [0.15, 0.2) is 16.6 Å². The highest BCUT2D eigenvalue weighted by Crippen LogP contribution is 2.40. The summed E-state index contributed by atoms with van der Waals surface area (Å²) in [6.45, 7) is 1.05. The molecule has 1 heterocycles. The van der Waals surface area contributed by atoms with Gasteiger partial charge < -0.3 is 10.6 Å². The van der Waals surface area contributed by atoms with Gasteiger partial charge in [0.25, 0.3) is 0 Å². The SMILES string of the molecule is Nc1cc(F)c(Br)cc1N1CCCC2CCCCC21. The Bertz CT molecular complexity index is 475. The summed E-state index contributed by atoms with van der Waals surface area (Å²) in [4.78, 5) is 2.42. The molecular weight excluding hydrogens is 307 g/mol. The second kappa shape index (κ2) is 5.31. The molecule has 19 heavy (non-hydrogen) atoms. The van der Waals surface area contributed by atoms with Gasteiger partial charge >= 0.3 is 0 Å². The van der Waals surface area contributed by atoms with Crippen LogP contribution in [0.4, 0.5) is 15.8 Å². The van der Waals surface area contributed by atoms with E-state index in [2.05, 4.69) is 20.8 Å². The number of nitrogen functional groups attached to an aromatic ring is 1. The number of hydrogen-bond donors (Lipinski definition) is 1. The maximum Gasteiger partial charge on any atom is 0.139 e. The molecule has 1 saturated carbocycles. The molecule has 1 aromatic carbocycles. The Morgan fingerprint density at radius 1 is 1.16 bits per heavy atom. The van der Waals surface area contributed by atoms with E-state index in [1.165, 1.54) is 44.6 Å². The lowest BCUT2D eigenvalue weighted by molar-refractivity contribution is 0.244. The molecule has 1 aromatic rings. The van der Waals surface area contributed by atoms with Gasteiger partial charge in [-0.05, 0) is 53.6 Å². The van der Waals surface area contributed by atoms with Gasteiger partial charge in [-0.25, -0.2) is 4.39 Å². The number of piperidine rings is 1. The topological polar surface area (TPSA) is 29.3 Å². The van der Waals surface area contributed by atoms with Crippen LogP contribution in [-0.2, 0) is 0 Å². The molecule has 2 atom stereocenters. The monoisotopic (exact) mass is 326 g/mol. The van der Waals surface area contributed by atoms with E-state index < -0.39 is 0 Å². The highest BCUT2D eigenvalue weighted by Gasteiger charge is 2.34. The van der Waals surface area contributed by atoms with Gasteiger partial charge in [0.15, 0.2) is 0 Å². The van der Waals surface area contributed by atoms with Crippen LogP contribution in [0.3, 0.4) is 0 Å². The zero-order valence-corrected chi connectivity index (χ0v) is 12.6.